The van der Waals surface area contributed by atoms with Crippen LogP contribution < -0.4 is 9.47 Å². The monoisotopic (exact) mass is 590 g/mol. The number of ether oxygens (including phenoxy) is 2. The van der Waals surface area contributed by atoms with Gasteiger partial charge in [0.1, 0.15) is 0 Å². The van der Waals surface area contributed by atoms with Gasteiger partial charge in [-0.3, -0.25) is 0 Å². The smallest absolute Gasteiger partial charge is 0.172 e. The molecule has 0 saturated carbocycles. The van der Waals surface area contributed by atoms with E-state index in [1.165, 1.54) is 32.6 Å². The molecule has 216 valence electrons. The minimum atomic E-state index is 0.704. The highest BCUT2D eigenvalue weighted by Gasteiger charge is 2.21. The predicted molar refractivity (Wildman–Crippen MR) is 187 cm³/mol. The van der Waals surface area contributed by atoms with Crippen LogP contribution in [-0.4, -0.2) is 9.13 Å². The van der Waals surface area contributed by atoms with Crippen molar-refractivity contribution in [3.63, 3.8) is 0 Å². The zero-order chi connectivity index (χ0) is 30.2. The largest absolute Gasteiger partial charge is 0.449 e. The van der Waals surface area contributed by atoms with Gasteiger partial charge in [0, 0.05) is 33.3 Å². The quantitative estimate of drug-likeness (QED) is 0.205. The molecule has 1 aliphatic rings. The molecule has 0 amide bonds. The van der Waals surface area contributed by atoms with Gasteiger partial charge in [-0.2, -0.15) is 0 Å². The zero-order valence-electron chi connectivity index (χ0n) is 24.7. The number of rotatable bonds is 3. The van der Waals surface area contributed by atoms with Gasteiger partial charge in [-0.25, -0.2) is 0 Å². The molecule has 0 unspecified atom stereocenters. The summed E-state index contributed by atoms with van der Waals surface area (Å²) < 4.78 is 17.5. The van der Waals surface area contributed by atoms with Crippen molar-refractivity contribution in [1.82, 2.24) is 9.13 Å². The van der Waals surface area contributed by atoms with E-state index >= 15 is 0 Å². The number of hydrogen-bond acceptors (Lipinski definition) is 2. The van der Waals surface area contributed by atoms with Crippen molar-refractivity contribution in [2.45, 2.75) is 0 Å². The Bertz CT molecular complexity index is 2540. The van der Waals surface area contributed by atoms with E-state index in [9.17, 15) is 0 Å². The molecule has 0 saturated heterocycles. The third kappa shape index (κ3) is 3.67. The van der Waals surface area contributed by atoms with Crippen molar-refractivity contribution in [1.29, 1.82) is 0 Å². The predicted octanol–water partition coefficient (Wildman–Crippen LogP) is 11.4. The lowest BCUT2D eigenvalue weighted by Gasteiger charge is -2.22. The Morgan fingerprint density at radius 3 is 1.22 bits per heavy atom. The summed E-state index contributed by atoms with van der Waals surface area (Å²) in [5.41, 5.74) is 9.08. The summed E-state index contributed by atoms with van der Waals surface area (Å²) in [5, 5.41) is 4.98. The molecule has 0 N–H and O–H groups in total. The second-order valence-corrected chi connectivity index (χ2v) is 11.8. The Balaban J connectivity index is 0.986. The van der Waals surface area contributed by atoms with Crippen molar-refractivity contribution in [3.05, 3.63) is 158 Å². The van der Waals surface area contributed by atoms with Crippen molar-refractivity contribution in [3.8, 4) is 45.5 Å². The number of fused-ring (bicyclic) bond motifs is 8. The maximum atomic E-state index is 6.44. The number of nitrogens with zero attached hydrogens (tertiary/aromatic N) is 2. The van der Waals surface area contributed by atoms with Gasteiger partial charge in [0.05, 0.1) is 27.8 Å². The fraction of sp³-hybridized carbons (Fsp3) is 0. The average Bonchev–Trinajstić information content (AvgIpc) is 3.64. The second-order valence-electron chi connectivity index (χ2n) is 11.8. The van der Waals surface area contributed by atoms with E-state index in [0.29, 0.717) is 23.0 Å². The molecule has 7 aromatic carbocycles. The third-order valence-electron chi connectivity index (χ3n) is 9.19. The molecule has 3 heterocycles. The number of para-hydroxylation sites is 4. The van der Waals surface area contributed by atoms with E-state index in [-0.39, 0.29) is 0 Å². The molecule has 46 heavy (non-hydrogen) atoms. The lowest BCUT2D eigenvalue weighted by Crippen LogP contribution is -2.01. The first-order valence-corrected chi connectivity index (χ1v) is 15.5. The molecular formula is C42H26N2O2. The first-order chi connectivity index (χ1) is 22.8. The van der Waals surface area contributed by atoms with Gasteiger partial charge >= 0.3 is 0 Å². The van der Waals surface area contributed by atoms with Crippen LogP contribution in [0.15, 0.2) is 158 Å². The number of hydrogen-bond donors (Lipinski definition) is 0. The van der Waals surface area contributed by atoms with Crippen LogP contribution in [0.5, 0.6) is 23.0 Å². The lowest BCUT2D eigenvalue weighted by molar-refractivity contribution is 0.359. The van der Waals surface area contributed by atoms with Crippen molar-refractivity contribution in [2.75, 3.05) is 0 Å². The minimum Gasteiger partial charge on any atom is -0.449 e. The van der Waals surface area contributed by atoms with E-state index in [2.05, 4.69) is 155 Å². The highest BCUT2D eigenvalue weighted by atomic mass is 16.6. The molecule has 4 heteroatoms. The Hall–Kier alpha value is -6.26. The SMILES string of the molecule is c1ccc2c(c1)c1ccccc1n2-c1ccc(-c2ccc3c(c2)Oc2ccc(-n4c5ccccc5c5ccccc54)cc2O3)cc1. The second kappa shape index (κ2) is 9.62. The standard InChI is InChI=1S/C42H26N2O2/c1-5-13-35-31(9-1)32-10-2-6-14-36(32)43(35)29-20-17-27(18-21-29)28-19-23-39-41(25-28)45-40-24-22-30(26-42(40)46-39)44-37-15-7-3-11-33(37)34-12-4-8-16-38(34)44/h1-26H. The number of aromatic nitrogens is 2. The van der Waals surface area contributed by atoms with Crippen LogP contribution in [0.25, 0.3) is 66.1 Å². The average molecular weight is 591 g/mol. The highest BCUT2D eigenvalue weighted by Crippen LogP contribution is 2.48. The van der Waals surface area contributed by atoms with Crippen LogP contribution in [0, 0.1) is 0 Å². The molecule has 1 aliphatic heterocycles. The molecule has 0 atom stereocenters. The van der Waals surface area contributed by atoms with E-state index in [0.717, 1.165) is 33.5 Å². The Morgan fingerprint density at radius 1 is 0.304 bits per heavy atom. The molecule has 0 aliphatic carbocycles. The lowest BCUT2D eigenvalue weighted by atomic mass is 10.0. The van der Waals surface area contributed by atoms with Gasteiger partial charge in [-0.1, -0.05) is 91.0 Å². The van der Waals surface area contributed by atoms with Crippen molar-refractivity contribution in [2.24, 2.45) is 0 Å². The fourth-order valence-electron chi connectivity index (χ4n) is 7.09. The maximum Gasteiger partial charge on any atom is 0.172 e. The summed E-state index contributed by atoms with van der Waals surface area (Å²) in [6, 6.07) is 55.3. The number of benzene rings is 7. The van der Waals surface area contributed by atoms with Gasteiger partial charge < -0.3 is 18.6 Å². The van der Waals surface area contributed by atoms with Crippen LogP contribution in [0.4, 0.5) is 0 Å². The van der Waals surface area contributed by atoms with Crippen LogP contribution >= 0.6 is 0 Å². The van der Waals surface area contributed by atoms with Crippen LogP contribution in [0.1, 0.15) is 0 Å². The topological polar surface area (TPSA) is 28.3 Å². The molecule has 9 aromatic rings. The Labute approximate surface area is 264 Å². The van der Waals surface area contributed by atoms with Gasteiger partial charge in [0.15, 0.2) is 23.0 Å². The summed E-state index contributed by atoms with van der Waals surface area (Å²) in [7, 11) is 0. The third-order valence-corrected chi connectivity index (χ3v) is 9.19. The molecule has 10 rings (SSSR count). The van der Waals surface area contributed by atoms with Gasteiger partial charge in [-0.05, 0) is 71.8 Å². The molecule has 2 aromatic heterocycles. The highest BCUT2D eigenvalue weighted by molar-refractivity contribution is 6.10. The first-order valence-electron chi connectivity index (χ1n) is 15.5. The van der Waals surface area contributed by atoms with Crippen LogP contribution in [-0.2, 0) is 0 Å². The summed E-state index contributed by atoms with van der Waals surface area (Å²) in [6.07, 6.45) is 0. The van der Waals surface area contributed by atoms with E-state index in [1.807, 2.05) is 12.1 Å². The summed E-state index contributed by atoms with van der Waals surface area (Å²) >= 11 is 0. The molecule has 0 spiro atoms. The molecule has 0 fully saturated rings. The normalized spacial score (nSPS) is 12.3. The minimum absolute atomic E-state index is 0.704. The Kier molecular flexibility index (Phi) is 5.25. The van der Waals surface area contributed by atoms with E-state index < -0.39 is 0 Å². The van der Waals surface area contributed by atoms with Gasteiger partial charge in [0.2, 0.25) is 0 Å². The molecular weight excluding hydrogens is 564 g/mol. The van der Waals surface area contributed by atoms with Crippen LogP contribution in [0.2, 0.25) is 0 Å². The van der Waals surface area contributed by atoms with E-state index in [4.69, 9.17) is 9.47 Å². The maximum absolute atomic E-state index is 6.44. The summed E-state index contributed by atoms with van der Waals surface area (Å²) in [6.45, 7) is 0. The molecule has 0 radical (unpaired) electrons. The van der Waals surface area contributed by atoms with Gasteiger partial charge in [0.25, 0.3) is 0 Å². The molecule has 0 bridgehead atoms. The van der Waals surface area contributed by atoms with Crippen molar-refractivity contribution >= 4 is 43.6 Å². The Morgan fingerprint density at radius 2 is 0.696 bits per heavy atom. The summed E-state index contributed by atoms with van der Waals surface area (Å²) in [4.78, 5) is 0. The summed E-state index contributed by atoms with van der Waals surface area (Å²) in [5.74, 6) is 2.82. The molecule has 4 nitrogen and oxygen atoms in total. The zero-order valence-corrected chi connectivity index (χ0v) is 24.7. The van der Waals surface area contributed by atoms with Gasteiger partial charge in [-0.15, -0.1) is 0 Å². The first kappa shape index (κ1) is 25.1. The van der Waals surface area contributed by atoms with Crippen LogP contribution in [0.3, 0.4) is 0 Å². The van der Waals surface area contributed by atoms with E-state index in [1.54, 1.807) is 0 Å². The fourth-order valence-corrected chi connectivity index (χ4v) is 7.09. The van der Waals surface area contributed by atoms with Crippen molar-refractivity contribution < 1.29 is 9.47 Å².